The number of carbonyl (C=O) groups excluding carboxylic acids is 1. The van der Waals surface area contributed by atoms with Crippen LogP contribution < -0.4 is 10.2 Å². The summed E-state index contributed by atoms with van der Waals surface area (Å²) in [6.45, 7) is 5.70. The number of rotatable bonds is 5. The van der Waals surface area contributed by atoms with Crippen LogP contribution in [-0.4, -0.2) is 50.3 Å². The summed E-state index contributed by atoms with van der Waals surface area (Å²) < 4.78 is 5.39. The van der Waals surface area contributed by atoms with E-state index in [0.29, 0.717) is 0 Å². The molecule has 0 unspecified atom stereocenters. The lowest BCUT2D eigenvalue weighted by Gasteiger charge is -2.23. The van der Waals surface area contributed by atoms with Gasteiger partial charge >= 0.3 is 0 Å². The third kappa shape index (κ3) is 3.53. The molecule has 5 heteroatoms. The number of para-hydroxylation sites is 1. The van der Waals surface area contributed by atoms with Gasteiger partial charge in [0.2, 0.25) is 0 Å². The predicted octanol–water partition coefficient (Wildman–Crippen LogP) is 0.759. The number of hydrogen-bond donors (Lipinski definition) is 2. The number of hydrogen-bond acceptors (Lipinski definition) is 3. The largest absolute Gasteiger partial charge is 0.370 e. The molecular formula is C20H26N3O2+. The minimum absolute atomic E-state index is 0.0636. The van der Waals surface area contributed by atoms with Crippen LogP contribution in [0.25, 0.3) is 10.9 Å². The van der Waals surface area contributed by atoms with Crippen LogP contribution in [0.3, 0.4) is 0 Å². The number of aryl methyl sites for hydroxylation is 1. The molecule has 2 aromatic rings. The number of ether oxygens (including phenoxy) is 1. The quantitative estimate of drug-likeness (QED) is 0.790. The molecule has 2 heterocycles. The summed E-state index contributed by atoms with van der Waals surface area (Å²) in [7, 11) is 0. The Morgan fingerprint density at radius 2 is 2.04 bits per heavy atom. The number of nitrogens with one attached hydrogen (secondary N) is 2. The van der Waals surface area contributed by atoms with Gasteiger partial charge in [0, 0.05) is 24.0 Å². The number of pyridine rings is 1. The molecule has 1 aromatic heterocycles. The maximum absolute atomic E-state index is 12.9. The molecule has 0 atom stereocenters. The topological polar surface area (TPSA) is 55.7 Å². The van der Waals surface area contributed by atoms with Crippen LogP contribution >= 0.6 is 0 Å². The smallest absolute Gasteiger partial charge is 0.252 e. The van der Waals surface area contributed by atoms with E-state index in [1.165, 1.54) is 0 Å². The normalized spacial score (nSPS) is 17.6. The van der Waals surface area contributed by atoms with E-state index in [1.54, 1.807) is 4.90 Å². The fourth-order valence-electron chi connectivity index (χ4n) is 4.01. The van der Waals surface area contributed by atoms with Crippen LogP contribution in [0, 0.1) is 0 Å². The highest BCUT2D eigenvalue weighted by Crippen LogP contribution is 2.29. The highest BCUT2D eigenvalue weighted by molar-refractivity contribution is 6.07. The van der Waals surface area contributed by atoms with E-state index >= 15 is 0 Å². The number of benzene rings is 1. The zero-order valence-electron chi connectivity index (χ0n) is 14.6. The van der Waals surface area contributed by atoms with Crippen molar-refractivity contribution in [1.82, 2.24) is 10.3 Å². The molecular weight excluding hydrogens is 314 g/mol. The van der Waals surface area contributed by atoms with Crippen LogP contribution in [0.1, 0.15) is 34.5 Å². The van der Waals surface area contributed by atoms with Crippen LogP contribution in [0.4, 0.5) is 0 Å². The second-order valence-corrected chi connectivity index (χ2v) is 7.00. The van der Waals surface area contributed by atoms with Crippen LogP contribution in [0.15, 0.2) is 24.3 Å². The molecule has 0 spiro atoms. The summed E-state index contributed by atoms with van der Waals surface area (Å²) in [5.41, 5.74) is 4.07. The van der Waals surface area contributed by atoms with Gasteiger partial charge in [0.15, 0.2) is 0 Å². The number of quaternary nitrogens is 1. The average molecular weight is 340 g/mol. The Bertz CT molecular complexity index is 769. The van der Waals surface area contributed by atoms with E-state index in [9.17, 15) is 4.79 Å². The van der Waals surface area contributed by atoms with E-state index in [4.69, 9.17) is 9.72 Å². The van der Waals surface area contributed by atoms with Crippen LogP contribution in [-0.2, 0) is 17.6 Å². The number of morpholine rings is 1. The van der Waals surface area contributed by atoms with Gasteiger partial charge in [0.25, 0.3) is 5.91 Å². The molecule has 1 aliphatic heterocycles. The standard InChI is InChI=1S/C20H25N3O2/c24-20(21-9-4-10-23-11-13-25-14-12-23)19-15-5-1-2-7-17(15)22-18-8-3-6-16(18)19/h1-2,5,7H,3-4,6,8-14H2,(H,21,24)/p+1. The second-order valence-electron chi connectivity index (χ2n) is 7.00. The second kappa shape index (κ2) is 7.50. The molecule has 1 saturated heterocycles. The molecule has 1 amide bonds. The van der Waals surface area contributed by atoms with Crippen molar-refractivity contribution in [2.24, 2.45) is 0 Å². The minimum atomic E-state index is 0.0636. The van der Waals surface area contributed by atoms with Crippen LogP contribution in [0.2, 0.25) is 0 Å². The highest BCUT2D eigenvalue weighted by Gasteiger charge is 2.23. The maximum Gasteiger partial charge on any atom is 0.252 e. The lowest BCUT2D eigenvalue weighted by Crippen LogP contribution is -3.14. The van der Waals surface area contributed by atoms with Crippen molar-refractivity contribution in [1.29, 1.82) is 0 Å². The fourth-order valence-corrected chi connectivity index (χ4v) is 4.01. The molecule has 1 aromatic carbocycles. The molecule has 1 aliphatic carbocycles. The van der Waals surface area contributed by atoms with Gasteiger partial charge in [0.05, 0.1) is 30.8 Å². The van der Waals surface area contributed by atoms with E-state index < -0.39 is 0 Å². The molecule has 2 aliphatic rings. The van der Waals surface area contributed by atoms with Gasteiger partial charge in [-0.2, -0.15) is 0 Å². The van der Waals surface area contributed by atoms with Crippen molar-refractivity contribution in [3.63, 3.8) is 0 Å². The summed E-state index contributed by atoms with van der Waals surface area (Å²) in [4.78, 5) is 19.2. The average Bonchev–Trinajstić information content (AvgIpc) is 3.11. The molecule has 0 radical (unpaired) electrons. The number of aromatic nitrogens is 1. The third-order valence-electron chi connectivity index (χ3n) is 5.34. The molecule has 25 heavy (non-hydrogen) atoms. The first-order chi connectivity index (χ1) is 12.3. The van der Waals surface area contributed by atoms with E-state index in [0.717, 1.165) is 92.8 Å². The predicted molar refractivity (Wildman–Crippen MR) is 97.1 cm³/mol. The van der Waals surface area contributed by atoms with Crippen molar-refractivity contribution in [3.05, 3.63) is 41.1 Å². The Kier molecular flexibility index (Phi) is 4.95. The van der Waals surface area contributed by atoms with Gasteiger partial charge in [0.1, 0.15) is 13.1 Å². The Morgan fingerprint density at radius 1 is 1.20 bits per heavy atom. The summed E-state index contributed by atoms with van der Waals surface area (Å²) in [6, 6.07) is 8.01. The van der Waals surface area contributed by atoms with Crippen molar-refractivity contribution in [2.45, 2.75) is 25.7 Å². The Balaban J connectivity index is 1.45. The van der Waals surface area contributed by atoms with E-state index in [2.05, 4.69) is 5.32 Å². The van der Waals surface area contributed by atoms with Gasteiger partial charge in [-0.1, -0.05) is 18.2 Å². The third-order valence-corrected chi connectivity index (χ3v) is 5.34. The van der Waals surface area contributed by atoms with E-state index in [1.807, 2.05) is 24.3 Å². The first-order valence-electron chi connectivity index (χ1n) is 9.43. The van der Waals surface area contributed by atoms with Gasteiger partial charge in [-0.25, -0.2) is 0 Å². The number of amides is 1. The summed E-state index contributed by atoms with van der Waals surface area (Å²) in [5.74, 6) is 0.0636. The Hall–Kier alpha value is -1.98. The number of nitrogens with zero attached hydrogens (tertiary/aromatic N) is 1. The van der Waals surface area contributed by atoms with Crippen molar-refractivity contribution >= 4 is 16.8 Å². The van der Waals surface area contributed by atoms with Crippen molar-refractivity contribution < 1.29 is 14.4 Å². The van der Waals surface area contributed by atoms with Gasteiger partial charge < -0.3 is 15.0 Å². The highest BCUT2D eigenvalue weighted by atomic mass is 16.5. The van der Waals surface area contributed by atoms with Crippen molar-refractivity contribution in [3.8, 4) is 0 Å². The molecule has 4 rings (SSSR count). The first-order valence-corrected chi connectivity index (χ1v) is 9.43. The van der Waals surface area contributed by atoms with Gasteiger partial charge in [-0.3, -0.25) is 9.78 Å². The maximum atomic E-state index is 12.9. The first kappa shape index (κ1) is 16.5. The molecule has 2 N–H and O–H groups in total. The SMILES string of the molecule is O=C(NCCC[NH+]1CCOCC1)c1c2c(nc3ccccc13)CCC2. The Morgan fingerprint density at radius 3 is 2.92 bits per heavy atom. The lowest BCUT2D eigenvalue weighted by atomic mass is 10.0. The minimum Gasteiger partial charge on any atom is -0.370 e. The zero-order chi connectivity index (χ0) is 17.1. The van der Waals surface area contributed by atoms with Gasteiger partial charge in [-0.15, -0.1) is 0 Å². The fraction of sp³-hybridized carbons (Fsp3) is 0.500. The zero-order valence-corrected chi connectivity index (χ0v) is 14.6. The number of fused-ring (bicyclic) bond motifs is 2. The summed E-state index contributed by atoms with van der Waals surface area (Å²) in [5, 5.41) is 4.13. The number of carbonyl (C=O) groups is 1. The molecule has 132 valence electrons. The summed E-state index contributed by atoms with van der Waals surface area (Å²) in [6.07, 6.45) is 4.06. The van der Waals surface area contributed by atoms with Crippen LogP contribution in [0.5, 0.6) is 0 Å². The van der Waals surface area contributed by atoms with Crippen molar-refractivity contribution in [2.75, 3.05) is 39.4 Å². The van der Waals surface area contributed by atoms with Gasteiger partial charge in [-0.05, 0) is 30.9 Å². The molecule has 1 fully saturated rings. The monoisotopic (exact) mass is 340 g/mol. The lowest BCUT2D eigenvalue weighted by molar-refractivity contribution is -0.908. The molecule has 5 nitrogen and oxygen atoms in total. The summed E-state index contributed by atoms with van der Waals surface area (Å²) >= 11 is 0. The van der Waals surface area contributed by atoms with E-state index in [-0.39, 0.29) is 5.91 Å². The molecule has 0 saturated carbocycles. The Labute approximate surface area is 148 Å². The molecule has 0 bridgehead atoms.